The van der Waals surface area contributed by atoms with Crippen molar-refractivity contribution in [3.63, 3.8) is 0 Å². The fourth-order valence-electron chi connectivity index (χ4n) is 2.38. The number of nitrogens with zero attached hydrogens (tertiary/aromatic N) is 2. The highest BCUT2D eigenvalue weighted by Crippen LogP contribution is 2.23. The van der Waals surface area contributed by atoms with Crippen LogP contribution in [-0.2, 0) is 17.8 Å². The Morgan fingerprint density at radius 1 is 1.24 bits per heavy atom. The summed E-state index contributed by atoms with van der Waals surface area (Å²) < 4.78 is 5.66. The van der Waals surface area contributed by atoms with Gasteiger partial charge in [0.05, 0.1) is 11.4 Å². The number of anilines is 1. The third kappa shape index (κ3) is 5.52. The van der Waals surface area contributed by atoms with Crippen molar-refractivity contribution in [1.82, 2.24) is 0 Å². The van der Waals surface area contributed by atoms with Gasteiger partial charge in [-0.1, -0.05) is 30.7 Å². The predicted octanol–water partition coefficient (Wildman–Crippen LogP) is 3.93. The minimum atomic E-state index is 0.286. The first-order chi connectivity index (χ1) is 12.0. The van der Waals surface area contributed by atoms with Crippen molar-refractivity contribution < 1.29 is 4.74 Å². The SMILES string of the molecule is CCc1cccc(N(C)N)c1COC(N)=CC=Nc1ccc(Cl)cc1. The standard InChI is InChI=1S/C19H23ClN4O/c1-3-14-5-4-6-18(24(2)22)17(14)13-25-19(21)11-12-23-16-9-7-15(20)8-10-16/h4-12H,3,13,21-22H2,1-2H3. The molecule has 0 spiro atoms. The molecule has 0 aliphatic carbocycles. The van der Waals surface area contributed by atoms with E-state index in [1.54, 1.807) is 36.5 Å². The van der Waals surface area contributed by atoms with Gasteiger partial charge in [0.2, 0.25) is 0 Å². The Bertz CT molecular complexity index is 755. The Balaban J connectivity index is 2.04. The molecule has 2 aromatic rings. The first-order valence-corrected chi connectivity index (χ1v) is 8.36. The monoisotopic (exact) mass is 358 g/mol. The van der Waals surface area contributed by atoms with Crippen LogP contribution in [0.4, 0.5) is 11.4 Å². The smallest absolute Gasteiger partial charge is 0.185 e. The number of hydrogen-bond donors (Lipinski definition) is 2. The van der Waals surface area contributed by atoms with E-state index < -0.39 is 0 Å². The van der Waals surface area contributed by atoms with E-state index >= 15 is 0 Å². The molecule has 0 radical (unpaired) electrons. The molecule has 0 amide bonds. The number of hydrogen-bond acceptors (Lipinski definition) is 5. The highest BCUT2D eigenvalue weighted by Gasteiger charge is 2.10. The van der Waals surface area contributed by atoms with E-state index in [-0.39, 0.29) is 5.88 Å². The number of ether oxygens (including phenoxy) is 1. The number of rotatable bonds is 7. The Hall–Kier alpha value is -2.50. The number of benzene rings is 2. The van der Waals surface area contributed by atoms with Crippen LogP contribution in [0, 0.1) is 0 Å². The van der Waals surface area contributed by atoms with Crippen LogP contribution in [-0.4, -0.2) is 13.3 Å². The van der Waals surface area contributed by atoms with Crippen molar-refractivity contribution in [2.24, 2.45) is 16.6 Å². The molecule has 0 bridgehead atoms. The summed E-state index contributed by atoms with van der Waals surface area (Å²) >= 11 is 5.84. The van der Waals surface area contributed by atoms with Crippen molar-refractivity contribution in [3.8, 4) is 0 Å². The van der Waals surface area contributed by atoms with Gasteiger partial charge in [-0.25, -0.2) is 5.84 Å². The van der Waals surface area contributed by atoms with Crippen molar-refractivity contribution in [2.45, 2.75) is 20.0 Å². The van der Waals surface area contributed by atoms with E-state index in [4.69, 9.17) is 27.9 Å². The highest BCUT2D eigenvalue weighted by molar-refractivity contribution is 6.30. The third-order valence-electron chi connectivity index (χ3n) is 3.68. The molecule has 0 fully saturated rings. The van der Waals surface area contributed by atoms with Crippen LogP contribution in [0.5, 0.6) is 0 Å². The van der Waals surface area contributed by atoms with Crippen LogP contribution in [0.15, 0.2) is 59.4 Å². The molecule has 132 valence electrons. The molecule has 25 heavy (non-hydrogen) atoms. The Kier molecular flexibility index (Phi) is 6.86. The minimum absolute atomic E-state index is 0.286. The number of aliphatic imine (C=N–C) groups is 1. The third-order valence-corrected chi connectivity index (χ3v) is 3.93. The Morgan fingerprint density at radius 2 is 1.96 bits per heavy atom. The molecule has 2 rings (SSSR count). The van der Waals surface area contributed by atoms with Crippen LogP contribution < -0.4 is 16.6 Å². The lowest BCUT2D eigenvalue weighted by Crippen LogP contribution is -2.26. The quantitative estimate of drug-likeness (QED) is 0.340. The molecule has 0 unspecified atom stereocenters. The van der Waals surface area contributed by atoms with E-state index in [1.807, 2.05) is 24.3 Å². The van der Waals surface area contributed by atoms with Gasteiger partial charge in [-0.2, -0.15) is 0 Å². The zero-order chi connectivity index (χ0) is 18.2. The zero-order valence-corrected chi connectivity index (χ0v) is 15.2. The van der Waals surface area contributed by atoms with E-state index in [9.17, 15) is 0 Å². The second-order valence-corrected chi connectivity index (χ2v) is 5.93. The van der Waals surface area contributed by atoms with E-state index in [0.717, 1.165) is 23.4 Å². The van der Waals surface area contributed by atoms with Gasteiger partial charge in [-0.05, 0) is 42.3 Å². The average molecular weight is 359 g/mol. The maximum absolute atomic E-state index is 5.91. The first-order valence-electron chi connectivity index (χ1n) is 7.98. The summed E-state index contributed by atoms with van der Waals surface area (Å²) in [5.41, 5.74) is 9.82. The zero-order valence-electron chi connectivity index (χ0n) is 14.4. The average Bonchev–Trinajstić information content (AvgIpc) is 2.61. The molecule has 0 aliphatic rings. The van der Waals surface area contributed by atoms with Gasteiger partial charge in [-0.3, -0.25) is 4.99 Å². The molecule has 0 aliphatic heterocycles. The first kappa shape index (κ1) is 18.8. The van der Waals surface area contributed by atoms with E-state index in [2.05, 4.69) is 18.0 Å². The van der Waals surface area contributed by atoms with Gasteiger partial charge < -0.3 is 15.5 Å². The Morgan fingerprint density at radius 3 is 2.60 bits per heavy atom. The van der Waals surface area contributed by atoms with Gasteiger partial charge >= 0.3 is 0 Å². The Labute approximate surface area is 153 Å². The summed E-state index contributed by atoms with van der Waals surface area (Å²) in [6.07, 6.45) is 4.11. The van der Waals surface area contributed by atoms with Gasteiger partial charge in [0.25, 0.3) is 0 Å². The maximum atomic E-state index is 5.91. The van der Waals surface area contributed by atoms with Crippen molar-refractivity contribution in [2.75, 3.05) is 12.1 Å². The molecule has 0 heterocycles. The molecule has 0 saturated carbocycles. The van der Waals surface area contributed by atoms with Gasteiger partial charge in [0.15, 0.2) is 5.88 Å². The van der Waals surface area contributed by atoms with Crippen LogP contribution in [0.1, 0.15) is 18.1 Å². The van der Waals surface area contributed by atoms with Crippen LogP contribution in [0.3, 0.4) is 0 Å². The topological polar surface area (TPSA) is 76.9 Å². The molecule has 0 atom stereocenters. The lowest BCUT2D eigenvalue weighted by Gasteiger charge is -2.20. The molecule has 5 nitrogen and oxygen atoms in total. The lowest BCUT2D eigenvalue weighted by atomic mass is 10.0. The molecule has 4 N–H and O–H groups in total. The van der Waals surface area contributed by atoms with Crippen LogP contribution >= 0.6 is 11.6 Å². The normalized spacial score (nSPS) is 11.8. The second-order valence-electron chi connectivity index (χ2n) is 5.49. The van der Waals surface area contributed by atoms with Crippen LogP contribution in [0.25, 0.3) is 0 Å². The van der Waals surface area contributed by atoms with Crippen LogP contribution in [0.2, 0.25) is 5.02 Å². The fraction of sp³-hybridized carbons (Fsp3) is 0.211. The number of halogens is 1. The van der Waals surface area contributed by atoms with Crippen molar-refractivity contribution in [3.05, 3.63) is 70.6 Å². The molecular formula is C19H23ClN4O. The van der Waals surface area contributed by atoms with Gasteiger partial charge in [0, 0.05) is 29.9 Å². The number of hydrazine groups is 1. The van der Waals surface area contributed by atoms with E-state index in [0.29, 0.717) is 11.6 Å². The van der Waals surface area contributed by atoms with Gasteiger partial charge in [-0.15, -0.1) is 0 Å². The van der Waals surface area contributed by atoms with E-state index in [1.165, 1.54) is 5.56 Å². The molecular weight excluding hydrogens is 336 g/mol. The number of nitrogens with two attached hydrogens (primary N) is 2. The lowest BCUT2D eigenvalue weighted by molar-refractivity contribution is 0.196. The highest BCUT2D eigenvalue weighted by atomic mass is 35.5. The molecule has 0 aromatic heterocycles. The summed E-state index contributed by atoms with van der Waals surface area (Å²) in [5.74, 6) is 6.19. The molecule has 6 heteroatoms. The van der Waals surface area contributed by atoms with Gasteiger partial charge in [0.1, 0.15) is 6.61 Å². The van der Waals surface area contributed by atoms with Crippen molar-refractivity contribution in [1.29, 1.82) is 0 Å². The largest absolute Gasteiger partial charge is 0.474 e. The summed E-state index contributed by atoms with van der Waals surface area (Å²) in [5, 5.41) is 2.26. The summed E-state index contributed by atoms with van der Waals surface area (Å²) in [4.78, 5) is 4.27. The molecule has 0 saturated heterocycles. The summed E-state index contributed by atoms with van der Waals surface area (Å²) in [7, 11) is 1.80. The summed E-state index contributed by atoms with van der Waals surface area (Å²) in [6, 6.07) is 13.2. The number of aryl methyl sites for hydroxylation is 1. The molecule has 2 aromatic carbocycles. The summed E-state index contributed by atoms with van der Waals surface area (Å²) in [6.45, 7) is 2.44. The second kappa shape index (κ2) is 9.11. The number of allylic oxidation sites excluding steroid dienone is 1. The maximum Gasteiger partial charge on any atom is 0.185 e. The minimum Gasteiger partial charge on any atom is -0.474 e. The fourth-order valence-corrected chi connectivity index (χ4v) is 2.50. The van der Waals surface area contributed by atoms with Crippen molar-refractivity contribution >= 4 is 29.2 Å². The predicted molar refractivity (Wildman–Crippen MR) is 105 cm³/mol.